The van der Waals surface area contributed by atoms with Crippen LogP contribution in [0.3, 0.4) is 0 Å². The molecule has 97 heavy (non-hydrogen) atoms. The van der Waals surface area contributed by atoms with Crippen molar-refractivity contribution in [2.75, 3.05) is 13.2 Å². The molecule has 0 fully saturated rings. The van der Waals surface area contributed by atoms with Crippen LogP contribution in [0.1, 0.15) is 301 Å². The van der Waals surface area contributed by atoms with E-state index in [-0.39, 0.29) is 75.3 Å². The van der Waals surface area contributed by atoms with Crippen LogP contribution in [-0.4, -0.2) is 25.2 Å². The van der Waals surface area contributed by atoms with Gasteiger partial charge in [-0.3, -0.25) is 9.59 Å². The zero-order valence-electron chi connectivity index (χ0n) is 65.7. The molecule has 0 aliphatic carbocycles. The number of ether oxygens (including phenoxy) is 2. The van der Waals surface area contributed by atoms with Crippen molar-refractivity contribution in [3.63, 3.8) is 0 Å². The first-order valence-electron chi connectivity index (χ1n) is 34.9. The fourth-order valence-corrected chi connectivity index (χ4v) is 13.6. The van der Waals surface area contributed by atoms with E-state index < -0.39 is 39.4 Å². The Hall–Kier alpha value is -6.08. The Labute approximate surface area is 589 Å². The van der Waals surface area contributed by atoms with Gasteiger partial charge in [-0.15, -0.1) is 0 Å². The normalized spacial score (nSPS) is 13.4. The molecule has 532 valence electrons. The molecule has 12 heteroatoms. The van der Waals surface area contributed by atoms with Crippen molar-refractivity contribution in [3.05, 3.63) is 176 Å². The predicted octanol–water partition coefficient (Wildman–Crippen LogP) is 24.4. The minimum Gasteiger partial charge on any atom is -0.462 e. The summed E-state index contributed by atoms with van der Waals surface area (Å²) in [4.78, 5) is 26.8. The standard InChI is InChI=1S/C85H122O10P2/c1-33-73(86)88-46-47-89-74(87)54-85(32,59-38-44-71(65(52-59)83(26,27)28)94-96(90-67-40-34-55(75(2,3)4)48-61(67)79(14,15)16)91-68-41-35-56(76(5,6)7)49-62(68)80(17,18)19)60-39-45-72(66(53-60)84(29,30)31)95-97(92-69-42-36-57(77(8,9)10)50-63(69)81(20,21)22)93-70-43-37-58(78(11,12)13)51-64(70)82(23,24)25/h34-45,48-53H,33,46-47,54H2,1-32H3. The van der Waals surface area contributed by atoms with E-state index in [4.69, 9.17) is 36.6 Å². The van der Waals surface area contributed by atoms with Crippen LogP contribution in [0.25, 0.3) is 0 Å². The summed E-state index contributed by atoms with van der Waals surface area (Å²) in [6, 6.07) is 38.3. The van der Waals surface area contributed by atoms with Crippen LogP contribution in [0.5, 0.6) is 34.5 Å². The molecule has 0 N–H and O–H groups in total. The van der Waals surface area contributed by atoms with Crippen LogP contribution >= 0.6 is 17.2 Å². The predicted molar refractivity (Wildman–Crippen MR) is 407 cm³/mol. The zero-order valence-corrected chi connectivity index (χ0v) is 67.5. The summed E-state index contributed by atoms with van der Waals surface area (Å²) in [5, 5.41) is 0. The monoisotopic (exact) mass is 1360 g/mol. The van der Waals surface area contributed by atoms with Gasteiger partial charge in [-0.1, -0.05) is 294 Å². The third-order valence-corrected chi connectivity index (χ3v) is 20.0. The largest absolute Gasteiger partial charge is 0.530 e. The minimum atomic E-state index is -2.20. The molecule has 6 aromatic rings. The van der Waals surface area contributed by atoms with Crippen molar-refractivity contribution < 1.29 is 46.2 Å². The average Bonchev–Trinajstić information content (AvgIpc) is 0.766. The van der Waals surface area contributed by atoms with Crippen LogP contribution in [0, 0.1) is 0 Å². The van der Waals surface area contributed by atoms with Crippen molar-refractivity contribution >= 4 is 29.1 Å². The van der Waals surface area contributed by atoms with Crippen molar-refractivity contribution in [2.24, 2.45) is 0 Å². The summed E-state index contributed by atoms with van der Waals surface area (Å²) in [6.45, 7) is 69.8. The number of carbonyl (C=O) groups excluding carboxylic acids is 2. The first-order chi connectivity index (χ1) is 44.0. The highest BCUT2D eigenvalue weighted by Gasteiger charge is 2.40. The maximum Gasteiger partial charge on any atom is 0.530 e. The lowest BCUT2D eigenvalue weighted by atomic mass is 9.70. The maximum absolute atomic E-state index is 14.6. The van der Waals surface area contributed by atoms with E-state index in [1.54, 1.807) is 6.92 Å². The quantitative estimate of drug-likeness (QED) is 0.0416. The molecule has 0 unspecified atom stereocenters. The van der Waals surface area contributed by atoms with E-state index in [2.05, 4.69) is 300 Å². The van der Waals surface area contributed by atoms with E-state index >= 15 is 0 Å². The van der Waals surface area contributed by atoms with Gasteiger partial charge in [0.05, 0.1) is 6.42 Å². The Bertz CT molecular complexity index is 3350. The van der Waals surface area contributed by atoms with Gasteiger partial charge in [0.25, 0.3) is 0 Å². The molecule has 0 aliphatic rings. The number of rotatable bonds is 20. The number of hydrogen-bond donors (Lipinski definition) is 0. The lowest BCUT2D eigenvalue weighted by molar-refractivity contribution is -0.152. The lowest BCUT2D eigenvalue weighted by Crippen LogP contribution is -2.30. The third-order valence-electron chi connectivity index (χ3n) is 17.9. The summed E-state index contributed by atoms with van der Waals surface area (Å²) in [5.74, 6) is 3.06. The van der Waals surface area contributed by atoms with E-state index in [1.165, 1.54) is 22.3 Å². The summed E-state index contributed by atoms with van der Waals surface area (Å²) < 4.78 is 54.7. The highest BCUT2D eigenvalue weighted by Crippen LogP contribution is 2.54. The Morgan fingerprint density at radius 2 is 0.454 bits per heavy atom. The van der Waals surface area contributed by atoms with Crippen molar-refractivity contribution in [1.82, 2.24) is 0 Å². The van der Waals surface area contributed by atoms with Crippen molar-refractivity contribution in [3.8, 4) is 34.5 Å². The van der Waals surface area contributed by atoms with Gasteiger partial charge in [-0.25, -0.2) is 0 Å². The zero-order chi connectivity index (χ0) is 73.4. The SMILES string of the molecule is CCC(=O)OCCOC(=O)CC(C)(c1ccc(OP(Oc2ccc(C(C)(C)C)cc2C(C)(C)C)Oc2ccc(C(C)(C)C)cc2C(C)(C)C)c(C(C)(C)C)c1)c1ccc(OP(Oc2ccc(C(C)(C)C)cc2C(C)(C)C)Oc2ccc(C(C)(C)C)cc2C(C)(C)C)c(C(C)(C)C)c1. The first kappa shape index (κ1) is 79.9. The van der Waals surface area contributed by atoms with Gasteiger partial charge in [0.15, 0.2) is 0 Å². The van der Waals surface area contributed by atoms with Gasteiger partial charge in [-0.05, 0) is 124 Å². The summed E-state index contributed by atoms with van der Waals surface area (Å²) in [7, 11) is -4.40. The topological polar surface area (TPSA) is 108 Å². The smallest absolute Gasteiger partial charge is 0.462 e. The molecule has 0 spiro atoms. The van der Waals surface area contributed by atoms with Crippen molar-refractivity contribution in [1.29, 1.82) is 0 Å². The number of hydrogen-bond acceptors (Lipinski definition) is 10. The Balaban J connectivity index is 1.58. The van der Waals surface area contributed by atoms with Crippen molar-refractivity contribution in [2.45, 2.75) is 294 Å². The summed E-state index contributed by atoms with van der Waals surface area (Å²) in [5.41, 5.74) is 8.75. The molecule has 0 atom stereocenters. The fourth-order valence-electron chi connectivity index (χ4n) is 11.4. The average molecular weight is 1370 g/mol. The second kappa shape index (κ2) is 29.2. The van der Waals surface area contributed by atoms with Crippen LogP contribution in [0.2, 0.25) is 0 Å². The molecule has 6 aromatic carbocycles. The summed E-state index contributed by atoms with van der Waals surface area (Å²) in [6.07, 6.45) is 0.148. The summed E-state index contributed by atoms with van der Waals surface area (Å²) >= 11 is 0. The molecule has 10 nitrogen and oxygen atoms in total. The minimum absolute atomic E-state index is 0.0539. The van der Waals surface area contributed by atoms with Crippen LogP contribution in [0.4, 0.5) is 0 Å². The highest BCUT2D eigenvalue weighted by atomic mass is 31.2. The fraction of sp³-hybridized carbons (Fsp3) is 0.553. The Morgan fingerprint density at radius 1 is 0.268 bits per heavy atom. The van der Waals surface area contributed by atoms with Gasteiger partial charge >= 0.3 is 29.1 Å². The number of benzene rings is 6. The Kier molecular flexibility index (Phi) is 24.1. The molecule has 0 radical (unpaired) electrons. The highest BCUT2D eigenvalue weighted by molar-refractivity contribution is 7.43. The molecule has 0 aromatic heterocycles. The molecule has 0 saturated carbocycles. The van der Waals surface area contributed by atoms with Crippen LogP contribution < -0.4 is 27.1 Å². The lowest BCUT2D eigenvalue weighted by Gasteiger charge is -2.35. The van der Waals surface area contributed by atoms with Gasteiger partial charge in [0.1, 0.15) is 47.7 Å². The molecule has 0 bridgehead atoms. The molecule has 6 rings (SSSR count). The molecule has 0 heterocycles. The van der Waals surface area contributed by atoms with Gasteiger partial charge < -0.3 is 36.6 Å². The van der Waals surface area contributed by atoms with Crippen LogP contribution in [-0.2, 0) is 78.6 Å². The maximum atomic E-state index is 14.6. The van der Waals surface area contributed by atoms with E-state index in [0.717, 1.165) is 44.5 Å². The molecule has 0 saturated heterocycles. The van der Waals surface area contributed by atoms with Gasteiger partial charge in [0.2, 0.25) is 0 Å². The molecular weight excluding hydrogens is 1240 g/mol. The van der Waals surface area contributed by atoms with E-state index in [1.807, 2.05) is 24.3 Å². The molecule has 0 aliphatic heterocycles. The van der Waals surface area contributed by atoms with E-state index in [0.29, 0.717) is 34.5 Å². The van der Waals surface area contributed by atoms with Crippen LogP contribution in [0.15, 0.2) is 109 Å². The second-order valence-corrected chi connectivity index (χ2v) is 39.1. The number of esters is 2. The second-order valence-electron chi connectivity index (χ2n) is 37.1. The molecular formula is C85H122O10P2. The number of carbonyl (C=O) groups is 2. The van der Waals surface area contributed by atoms with Gasteiger partial charge in [0, 0.05) is 45.2 Å². The Morgan fingerprint density at radius 3 is 0.639 bits per heavy atom. The van der Waals surface area contributed by atoms with E-state index in [9.17, 15) is 9.59 Å². The third kappa shape index (κ3) is 21.0. The first-order valence-corrected chi connectivity index (χ1v) is 37.1. The van der Waals surface area contributed by atoms with Gasteiger partial charge in [-0.2, -0.15) is 0 Å². The molecule has 0 amide bonds.